The van der Waals surface area contributed by atoms with E-state index in [1.54, 1.807) is 25.1 Å². The Morgan fingerprint density at radius 3 is 2.56 bits per heavy atom. The Morgan fingerprint density at radius 2 is 1.88 bits per heavy atom. The predicted octanol–water partition coefficient (Wildman–Crippen LogP) is 5.41. The molecule has 172 valence electrons. The van der Waals surface area contributed by atoms with Gasteiger partial charge >= 0.3 is 5.97 Å². The first-order chi connectivity index (χ1) is 15.1. The van der Waals surface area contributed by atoms with E-state index >= 15 is 0 Å². The molecule has 0 heterocycles. The molecule has 0 spiro atoms. The second-order valence-electron chi connectivity index (χ2n) is 8.42. The van der Waals surface area contributed by atoms with E-state index in [9.17, 15) is 14.7 Å². The monoisotopic (exact) mass is 439 g/mol. The van der Waals surface area contributed by atoms with E-state index in [-0.39, 0.29) is 11.7 Å². The number of esters is 1. The van der Waals surface area contributed by atoms with Crippen LogP contribution in [0.3, 0.4) is 0 Å². The van der Waals surface area contributed by atoms with Gasteiger partial charge in [0.05, 0.1) is 18.9 Å². The lowest BCUT2D eigenvalue weighted by atomic mass is 9.86. The third kappa shape index (κ3) is 7.45. The molecule has 0 aliphatic rings. The predicted molar refractivity (Wildman–Crippen MR) is 127 cm³/mol. The van der Waals surface area contributed by atoms with Gasteiger partial charge < -0.3 is 19.9 Å². The highest BCUT2D eigenvalue weighted by molar-refractivity contribution is 5.96. The third-order valence-electron chi connectivity index (χ3n) is 5.13. The fourth-order valence-corrected chi connectivity index (χ4v) is 3.08. The molecule has 0 fully saturated rings. The zero-order valence-electron chi connectivity index (χ0n) is 19.5. The van der Waals surface area contributed by atoms with Crippen molar-refractivity contribution in [3.05, 3.63) is 59.2 Å². The highest BCUT2D eigenvalue weighted by atomic mass is 16.5. The highest BCUT2D eigenvalue weighted by Crippen LogP contribution is 2.30. The molecule has 0 saturated carbocycles. The van der Waals surface area contributed by atoms with E-state index in [2.05, 4.69) is 5.32 Å². The second-order valence-corrected chi connectivity index (χ2v) is 8.42. The molecule has 2 N–H and O–H groups in total. The number of phenols is 1. The summed E-state index contributed by atoms with van der Waals surface area (Å²) in [7, 11) is 0. The molecular formula is C26H33NO5. The number of hydrogen-bond acceptors (Lipinski definition) is 5. The van der Waals surface area contributed by atoms with Gasteiger partial charge in [-0.3, -0.25) is 4.79 Å². The van der Waals surface area contributed by atoms with Crippen LogP contribution < -0.4 is 10.1 Å². The Morgan fingerprint density at radius 1 is 1.12 bits per heavy atom. The molecule has 0 unspecified atom stereocenters. The number of nitrogens with one attached hydrogen (secondary N) is 1. The standard InChI is InChI=1S/C26H33NO5/c1-6-31-24(29)13-11-20-10-12-21(22(28)17-20)27-25(30)26(4,5)14-7-15-32-23-16-18(2)8-9-19(23)3/h8-13,16-17,28H,6-7,14-15H2,1-5H3,(H,27,30). The highest BCUT2D eigenvalue weighted by Gasteiger charge is 2.27. The first-order valence-corrected chi connectivity index (χ1v) is 10.8. The molecule has 6 nitrogen and oxygen atoms in total. The summed E-state index contributed by atoms with van der Waals surface area (Å²) in [6.45, 7) is 10.3. The summed E-state index contributed by atoms with van der Waals surface area (Å²) in [5.74, 6) is 0.162. The largest absolute Gasteiger partial charge is 0.506 e. The van der Waals surface area contributed by atoms with Gasteiger partial charge in [0.1, 0.15) is 11.5 Å². The molecule has 0 aliphatic carbocycles. The minimum Gasteiger partial charge on any atom is -0.506 e. The number of benzene rings is 2. The van der Waals surface area contributed by atoms with Crippen molar-refractivity contribution < 1.29 is 24.2 Å². The van der Waals surface area contributed by atoms with Gasteiger partial charge in [-0.05, 0) is 74.6 Å². The number of anilines is 1. The maximum Gasteiger partial charge on any atom is 0.330 e. The minimum absolute atomic E-state index is 0.0709. The van der Waals surface area contributed by atoms with Crippen LogP contribution in [0.2, 0.25) is 0 Å². The molecule has 0 bridgehead atoms. The fraction of sp³-hybridized carbons (Fsp3) is 0.385. The van der Waals surface area contributed by atoms with E-state index in [0.717, 1.165) is 23.3 Å². The average Bonchev–Trinajstić information content (AvgIpc) is 2.74. The molecule has 2 aromatic carbocycles. The quantitative estimate of drug-likeness (QED) is 0.224. The zero-order valence-corrected chi connectivity index (χ0v) is 19.5. The van der Waals surface area contributed by atoms with Gasteiger partial charge in [-0.2, -0.15) is 0 Å². The van der Waals surface area contributed by atoms with Crippen LogP contribution in [0.1, 0.15) is 50.3 Å². The number of aryl methyl sites for hydroxylation is 2. The topological polar surface area (TPSA) is 84.9 Å². The Kier molecular flexibility index (Phi) is 8.88. The molecule has 0 atom stereocenters. The molecule has 32 heavy (non-hydrogen) atoms. The Balaban J connectivity index is 1.89. The van der Waals surface area contributed by atoms with Crippen molar-refractivity contribution in [3.63, 3.8) is 0 Å². The maximum atomic E-state index is 12.8. The summed E-state index contributed by atoms with van der Waals surface area (Å²) < 4.78 is 10.7. The van der Waals surface area contributed by atoms with Gasteiger partial charge in [0.2, 0.25) is 5.91 Å². The van der Waals surface area contributed by atoms with Crippen LogP contribution in [0.15, 0.2) is 42.5 Å². The molecule has 2 aromatic rings. The number of ether oxygens (including phenoxy) is 2. The third-order valence-corrected chi connectivity index (χ3v) is 5.13. The number of carbonyl (C=O) groups excluding carboxylic acids is 2. The summed E-state index contributed by atoms with van der Waals surface area (Å²) in [6, 6.07) is 10.9. The molecule has 0 radical (unpaired) electrons. The first-order valence-electron chi connectivity index (χ1n) is 10.8. The van der Waals surface area contributed by atoms with Crippen molar-refractivity contribution in [2.75, 3.05) is 18.5 Å². The number of rotatable bonds is 10. The number of phenolic OH excluding ortho intramolecular Hbond substituents is 1. The van der Waals surface area contributed by atoms with Crippen molar-refractivity contribution in [2.24, 2.45) is 5.41 Å². The van der Waals surface area contributed by atoms with E-state index in [0.29, 0.717) is 30.9 Å². The molecule has 2 rings (SSSR count). The summed E-state index contributed by atoms with van der Waals surface area (Å²) in [5.41, 5.74) is 2.54. The van der Waals surface area contributed by atoms with Gasteiger partial charge in [0.25, 0.3) is 0 Å². The molecule has 0 aromatic heterocycles. The fourth-order valence-electron chi connectivity index (χ4n) is 3.08. The van der Waals surface area contributed by atoms with E-state index in [1.165, 1.54) is 12.1 Å². The van der Waals surface area contributed by atoms with Gasteiger partial charge in [0, 0.05) is 11.5 Å². The molecule has 0 aliphatic heterocycles. The maximum absolute atomic E-state index is 12.8. The van der Waals surface area contributed by atoms with Crippen molar-refractivity contribution in [2.45, 2.75) is 47.5 Å². The van der Waals surface area contributed by atoms with Crippen LogP contribution in [-0.4, -0.2) is 30.2 Å². The van der Waals surface area contributed by atoms with E-state index < -0.39 is 11.4 Å². The van der Waals surface area contributed by atoms with Crippen molar-refractivity contribution in [1.29, 1.82) is 0 Å². The van der Waals surface area contributed by atoms with E-state index in [1.807, 2.05) is 45.9 Å². The summed E-state index contributed by atoms with van der Waals surface area (Å²) >= 11 is 0. The Hall–Kier alpha value is -3.28. The van der Waals surface area contributed by atoms with Crippen LogP contribution in [0.4, 0.5) is 5.69 Å². The molecule has 0 saturated heterocycles. The normalized spacial score (nSPS) is 11.4. The van der Waals surface area contributed by atoms with Crippen LogP contribution >= 0.6 is 0 Å². The zero-order chi connectivity index (χ0) is 23.7. The van der Waals surface area contributed by atoms with Crippen molar-refractivity contribution >= 4 is 23.6 Å². The van der Waals surface area contributed by atoms with Crippen molar-refractivity contribution in [3.8, 4) is 11.5 Å². The lowest BCUT2D eigenvalue weighted by Crippen LogP contribution is -2.31. The lowest BCUT2D eigenvalue weighted by molar-refractivity contribution is -0.137. The number of amides is 1. The SMILES string of the molecule is CCOC(=O)C=Cc1ccc(NC(=O)C(C)(C)CCCOc2cc(C)ccc2C)c(O)c1. The summed E-state index contributed by atoms with van der Waals surface area (Å²) in [4.78, 5) is 24.2. The molecular weight excluding hydrogens is 406 g/mol. The van der Waals surface area contributed by atoms with Gasteiger partial charge in [-0.15, -0.1) is 0 Å². The van der Waals surface area contributed by atoms with Gasteiger partial charge in [-0.25, -0.2) is 4.79 Å². The smallest absolute Gasteiger partial charge is 0.330 e. The van der Waals surface area contributed by atoms with Crippen molar-refractivity contribution in [1.82, 2.24) is 0 Å². The van der Waals surface area contributed by atoms with Crippen LogP contribution in [0.5, 0.6) is 11.5 Å². The molecule has 1 amide bonds. The number of hydrogen-bond donors (Lipinski definition) is 2. The van der Waals surface area contributed by atoms with Crippen LogP contribution in [0.25, 0.3) is 6.08 Å². The summed E-state index contributed by atoms with van der Waals surface area (Å²) in [6.07, 6.45) is 4.19. The number of aromatic hydroxyl groups is 1. The Labute approximate surface area is 190 Å². The first kappa shape index (κ1) is 25.0. The van der Waals surface area contributed by atoms with Gasteiger partial charge in [-0.1, -0.05) is 32.0 Å². The lowest BCUT2D eigenvalue weighted by Gasteiger charge is -2.24. The second kappa shape index (κ2) is 11.4. The van der Waals surface area contributed by atoms with Crippen LogP contribution in [0, 0.1) is 19.3 Å². The average molecular weight is 440 g/mol. The summed E-state index contributed by atoms with van der Waals surface area (Å²) in [5, 5.41) is 13.1. The minimum atomic E-state index is -0.639. The Bertz CT molecular complexity index is 978. The van der Waals surface area contributed by atoms with Crippen LogP contribution in [-0.2, 0) is 14.3 Å². The van der Waals surface area contributed by atoms with E-state index in [4.69, 9.17) is 9.47 Å². The number of carbonyl (C=O) groups is 2. The molecule has 6 heteroatoms. The van der Waals surface area contributed by atoms with Gasteiger partial charge in [0.15, 0.2) is 0 Å².